The van der Waals surface area contributed by atoms with Crippen LogP contribution in [0.15, 0.2) is 0 Å². The van der Waals surface area contributed by atoms with Gasteiger partial charge >= 0.3 is 0 Å². The van der Waals surface area contributed by atoms with Crippen LogP contribution in [-0.2, 0) is 14.9 Å². The number of rotatable bonds is 9. The van der Waals surface area contributed by atoms with Crippen molar-refractivity contribution in [2.75, 3.05) is 32.1 Å². The second-order valence-electron chi connectivity index (χ2n) is 4.98. The van der Waals surface area contributed by atoms with Crippen LogP contribution in [-0.4, -0.2) is 76.8 Å². The summed E-state index contributed by atoms with van der Waals surface area (Å²) in [5.41, 5.74) is -1.55. The van der Waals surface area contributed by atoms with E-state index in [2.05, 4.69) is 0 Å². The van der Waals surface area contributed by atoms with Crippen LogP contribution in [0.1, 0.15) is 20.3 Å². The highest BCUT2D eigenvalue weighted by atomic mass is 32.2. The summed E-state index contributed by atoms with van der Waals surface area (Å²) in [6, 6.07) is 0. The zero-order valence-electron chi connectivity index (χ0n) is 11.7. The number of nitrogens with zero attached hydrogens (tertiary/aromatic N) is 1. The Morgan fingerprint density at radius 2 is 1.60 bits per heavy atom. The Balaban J connectivity index is 5.13. The molecule has 120 valence electrons. The lowest BCUT2D eigenvalue weighted by Crippen LogP contribution is -2.60. The average Bonchev–Trinajstić information content (AvgIpc) is 2.37. The highest BCUT2D eigenvalue weighted by Gasteiger charge is 2.39. The zero-order valence-corrected chi connectivity index (χ0v) is 12.5. The fourth-order valence-corrected chi connectivity index (χ4v) is 2.20. The molecule has 0 heterocycles. The maximum atomic E-state index is 12.1. The van der Waals surface area contributed by atoms with E-state index < -0.39 is 53.1 Å². The third-order valence-electron chi connectivity index (χ3n) is 3.00. The molecule has 8 nitrogen and oxygen atoms in total. The van der Waals surface area contributed by atoms with Gasteiger partial charge in [0.15, 0.2) is 0 Å². The van der Waals surface area contributed by atoms with Gasteiger partial charge in [-0.1, -0.05) is 13.8 Å². The molecule has 0 aliphatic carbocycles. The Labute approximate surface area is 118 Å². The molecule has 0 saturated heterocycles. The van der Waals surface area contributed by atoms with Gasteiger partial charge in [0.25, 0.3) is 10.1 Å². The molecule has 0 spiro atoms. The lowest BCUT2D eigenvalue weighted by molar-refractivity contribution is -0.149. The second-order valence-corrected chi connectivity index (χ2v) is 6.55. The first-order chi connectivity index (χ1) is 9.13. The fourth-order valence-electron chi connectivity index (χ4n) is 1.70. The SMILES string of the molecule is CC(C)C(=O)N(CCCS(=O)(=O)O)C(CO)(CO)CO. The largest absolute Gasteiger partial charge is 0.394 e. The number of hydrogen-bond acceptors (Lipinski definition) is 6. The van der Waals surface area contributed by atoms with E-state index >= 15 is 0 Å². The molecule has 0 aliphatic heterocycles. The predicted octanol–water partition coefficient (Wildman–Crippen LogP) is -1.54. The fraction of sp³-hybridized carbons (Fsp3) is 0.909. The Hall–Kier alpha value is -0.740. The second kappa shape index (κ2) is 7.89. The van der Waals surface area contributed by atoms with Crippen LogP contribution in [0, 0.1) is 5.92 Å². The summed E-state index contributed by atoms with van der Waals surface area (Å²) in [7, 11) is -4.16. The summed E-state index contributed by atoms with van der Waals surface area (Å²) in [6.45, 7) is 1.11. The van der Waals surface area contributed by atoms with Gasteiger partial charge in [-0.05, 0) is 6.42 Å². The van der Waals surface area contributed by atoms with Gasteiger partial charge in [0, 0.05) is 12.5 Å². The monoisotopic (exact) mass is 313 g/mol. The van der Waals surface area contributed by atoms with Crippen molar-refractivity contribution in [2.45, 2.75) is 25.8 Å². The highest BCUT2D eigenvalue weighted by Crippen LogP contribution is 2.18. The molecule has 20 heavy (non-hydrogen) atoms. The first-order valence-electron chi connectivity index (χ1n) is 6.22. The van der Waals surface area contributed by atoms with Gasteiger partial charge in [-0.2, -0.15) is 8.42 Å². The molecule has 0 rings (SSSR count). The van der Waals surface area contributed by atoms with Gasteiger partial charge in [0.1, 0.15) is 5.54 Å². The van der Waals surface area contributed by atoms with Gasteiger partial charge in [-0.25, -0.2) is 0 Å². The Bertz CT molecular complexity index is 395. The summed E-state index contributed by atoms with van der Waals surface area (Å²) in [5, 5.41) is 28.1. The zero-order chi connectivity index (χ0) is 16.0. The quantitative estimate of drug-likeness (QED) is 0.379. The van der Waals surface area contributed by atoms with Crippen LogP contribution in [0.5, 0.6) is 0 Å². The Kier molecular flexibility index (Phi) is 7.60. The number of aliphatic hydroxyl groups excluding tert-OH is 3. The number of aliphatic hydroxyl groups is 3. The molecule has 4 N–H and O–H groups in total. The molecule has 0 aromatic rings. The molecule has 0 aromatic heterocycles. The first kappa shape index (κ1) is 19.3. The predicted molar refractivity (Wildman–Crippen MR) is 71.6 cm³/mol. The van der Waals surface area contributed by atoms with Crippen LogP contribution in [0.3, 0.4) is 0 Å². The maximum Gasteiger partial charge on any atom is 0.264 e. The third-order valence-corrected chi connectivity index (χ3v) is 3.80. The van der Waals surface area contributed by atoms with Crippen molar-refractivity contribution in [1.29, 1.82) is 0 Å². The van der Waals surface area contributed by atoms with Crippen LogP contribution in [0.4, 0.5) is 0 Å². The summed E-state index contributed by atoms with van der Waals surface area (Å²) in [6.07, 6.45) is -0.0704. The van der Waals surface area contributed by atoms with Crippen molar-refractivity contribution in [1.82, 2.24) is 4.90 Å². The van der Waals surface area contributed by atoms with E-state index in [0.717, 1.165) is 4.90 Å². The van der Waals surface area contributed by atoms with Crippen LogP contribution < -0.4 is 0 Å². The molecule has 0 fully saturated rings. The van der Waals surface area contributed by atoms with E-state index in [9.17, 15) is 28.5 Å². The molecule has 0 aliphatic rings. The first-order valence-corrected chi connectivity index (χ1v) is 7.83. The summed E-state index contributed by atoms with van der Waals surface area (Å²) < 4.78 is 30.0. The summed E-state index contributed by atoms with van der Waals surface area (Å²) in [4.78, 5) is 13.2. The van der Waals surface area contributed by atoms with E-state index in [4.69, 9.17) is 4.55 Å². The average molecular weight is 313 g/mol. The van der Waals surface area contributed by atoms with E-state index in [1.54, 1.807) is 13.8 Å². The molecule has 0 aromatic carbocycles. The molecule has 0 unspecified atom stereocenters. The number of carbonyl (C=O) groups is 1. The molecule has 0 saturated carbocycles. The topological polar surface area (TPSA) is 135 Å². The summed E-state index contributed by atoms with van der Waals surface area (Å²) in [5.74, 6) is -1.44. The minimum absolute atomic E-state index is 0.0704. The van der Waals surface area contributed by atoms with E-state index in [-0.39, 0.29) is 13.0 Å². The normalized spacial score (nSPS) is 12.8. The molecular formula is C11H23NO7S. The molecule has 0 radical (unpaired) electrons. The molecular weight excluding hydrogens is 290 g/mol. The molecule has 1 amide bonds. The standard InChI is InChI=1S/C11H23NO7S/c1-9(2)10(16)12(4-3-5-20(17,18)19)11(6-13,7-14)8-15/h9,13-15H,3-8H2,1-2H3,(H,17,18,19). The Morgan fingerprint density at radius 3 is 1.90 bits per heavy atom. The van der Waals surface area contributed by atoms with Gasteiger partial charge in [-0.3, -0.25) is 9.35 Å². The lowest BCUT2D eigenvalue weighted by atomic mass is 9.98. The third kappa shape index (κ3) is 5.33. The number of hydrogen-bond donors (Lipinski definition) is 4. The van der Waals surface area contributed by atoms with Crippen molar-refractivity contribution in [2.24, 2.45) is 5.92 Å². The summed E-state index contributed by atoms with van der Waals surface area (Å²) >= 11 is 0. The van der Waals surface area contributed by atoms with Crippen molar-refractivity contribution >= 4 is 16.0 Å². The van der Waals surface area contributed by atoms with Crippen molar-refractivity contribution in [3.05, 3.63) is 0 Å². The van der Waals surface area contributed by atoms with Crippen molar-refractivity contribution in [3.8, 4) is 0 Å². The Morgan fingerprint density at radius 1 is 1.15 bits per heavy atom. The van der Waals surface area contributed by atoms with Crippen LogP contribution in [0.2, 0.25) is 0 Å². The van der Waals surface area contributed by atoms with Gasteiger partial charge < -0.3 is 20.2 Å². The molecule has 0 bridgehead atoms. The smallest absolute Gasteiger partial charge is 0.264 e. The van der Waals surface area contributed by atoms with Crippen molar-refractivity contribution < 1.29 is 33.1 Å². The molecule has 9 heteroatoms. The minimum atomic E-state index is -4.16. The van der Waals surface area contributed by atoms with E-state index in [0.29, 0.717) is 0 Å². The molecule has 0 atom stereocenters. The van der Waals surface area contributed by atoms with Gasteiger partial charge in [-0.15, -0.1) is 0 Å². The van der Waals surface area contributed by atoms with Crippen molar-refractivity contribution in [3.63, 3.8) is 0 Å². The van der Waals surface area contributed by atoms with E-state index in [1.807, 2.05) is 0 Å². The van der Waals surface area contributed by atoms with E-state index in [1.165, 1.54) is 0 Å². The number of amides is 1. The number of carbonyl (C=O) groups excluding carboxylic acids is 1. The highest BCUT2D eigenvalue weighted by molar-refractivity contribution is 7.85. The van der Waals surface area contributed by atoms with Gasteiger partial charge in [0.05, 0.1) is 25.6 Å². The minimum Gasteiger partial charge on any atom is -0.394 e. The lowest BCUT2D eigenvalue weighted by Gasteiger charge is -2.41. The van der Waals surface area contributed by atoms with Crippen LogP contribution >= 0.6 is 0 Å². The van der Waals surface area contributed by atoms with Crippen LogP contribution in [0.25, 0.3) is 0 Å². The maximum absolute atomic E-state index is 12.1. The van der Waals surface area contributed by atoms with Gasteiger partial charge in [0.2, 0.25) is 5.91 Å².